The molecule has 0 aliphatic rings. The van der Waals surface area contributed by atoms with Crippen molar-refractivity contribution in [1.82, 2.24) is 10.1 Å². The van der Waals surface area contributed by atoms with E-state index in [-0.39, 0.29) is 5.95 Å². The van der Waals surface area contributed by atoms with Gasteiger partial charge >= 0.3 is 0 Å². The monoisotopic (exact) mass is 239 g/mol. The molecule has 0 atom stereocenters. The first-order chi connectivity index (χ1) is 8.33. The Kier molecular flexibility index (Phi) is 7.43. The van der Waals surface area contributed by atoms with Crippen LogP contribution in [0.2, 0.25) is 0 Å². The molecular weight excluding hydrogens is 214 g/mol. The molecule has 2 N–H and O–H groups in total. The van der Waals surface area contributed by atoms with Crippen LogP contribution in [0.25, 0.3) is 0 Å². The van der Waals surface area contributed by atoms with Crippen LogP contribution in [0.1, 0.15) is 70.6 Å². The van der Waals surface area contributed by atoms with Crippen molar-refractivity contribution in [3.05, 3.63) is 5.89 Å². The Morgan fingerprint density at radius 1 is 0.941 bits per heavy atom. The van der Waals surface area contributed by atoms with Gasteiger partial charge in [0.1, 0.15) is 0 Å². The van der Waals surface area contributed by atoms with E-state index in [2.05, 4.69) is 17.1 Å². The van der Waals surface area contributed by atoms with Crippen molar-refractivity contribution in [3.63, 3.8) is 0 Å². The highest BCUT2D eigenvalue weighted by Crippen LogP contribution is 2.11. The number of nitrogen functional groups attached to an aromatic ring is 1. The van der Waals surface area contributed by atoms with Crippen molar-refractivity contribution in [1.29, 1.82) is 0 Å². The summed E-state index contributed by atoms with van der Waals surface area (Å²) in [5.41, 5.74) is 5.37. The van der Waals surface area contributed by atoms with E-state index < -0.39 is 0 Å². The summed E-state index contributed by atoms with van der Waals surface area (Å²) in [6.07, 6.45) is 12.8. The third-order valence-electron chi connectivity index (χ3n) is 2.98. The number of aromatic nitrogens is 2. The third-order valence-corrected chi connectivity index (χ3v) is 2.98. The predicted molar refractivity (Wildman–Crippen MR) is 69.6 cm³/mol. The summed E-state index contributed by atoms with van der Waals surface area (Å²) in [7, 11) is 0. The van der Waals surface area contributed by atoms with Gasteiger partial charge in [0.05, 0.1) is 0 Å². The number of rotatable bonds is 10. The highest BCUT2D eigenvalue weighted by molar-refractivity contribution is 5.10. The molecule has 0 amide bonds. The standard InChI is InChI=1S/C13H25N3O/c1-2-3-4-5-6-7-8-9-10-11-12-15-13(14)16-17-12/h2-11H2,1H3,(H2,14,16). The number of nitrogens with two attached hydrogens (primary N) is 1. The summed E-state index contributed by atoms with van der Waals surface area (Å²) >= 11 is 0. The first kappa shape index (κ1) is 14.0. The zero-order valence-corrected chi connectivity index (χ0v) is 11.0. The Morgan fingerprint density at radius 3 is 2.06 bits per heavy atom. The van der Waals surface area contributed by atoms with Crippen LogP contribution in [-0.2, 0) is 6.42 Å². The summed E-state index contributed by atoms with van der Waals surface area (Å²) in [5.74, 6) is 0.918. The Morgan fingerprint density at radius 2 is 1.53 bits per heavy atom. The number of hydrogen-bond donors (Lipinski definition) is 1. The van der Waals surface area contributed by atoms with Crippen molar-refractivity contribution in [2.24, 2.45) is 0 Å². The van der Waals surface area contributed by atoms with E-state index >= 15 is 0 Å². The van der Waals surface area contributed by atoms with Crippen molar-refractivity contribution < 1.29 is 4.52 Å². The lowest BCUT2D eigenvalue weighted by atomic mass is 10.1. The van der Waals surface area contributed by atoms with Gasteiger partial charge in [-0.2, -0.15) is 4.98 Å². The zero-order valence-electron chi connectivity index (χ0n) is 11.0. The maximum absolute atomic E-state index is 5.37. The van der Waals surface area contributed by atoms with E-state index in [1.54, 1.807) is 0 Å². The molecule has 1 aromatic rings. The van der Waals surface area contributed by atoms with Gasteiger partial charge in [-0.15, -0.1) is 0 Å². The molecule has 0 aliphatic carbocycles. The van der Waals surface area contributed by atoms with Crippen LogP contribution in [0, 0.1) is 0 Å². The van der Waals surface area contributed by atoms with E-state index in [9.17, 15) is 0 Å². The van der Waals surface area contributed by atoms with Gasteiger partial charge in [-0.05, 0) is 11.6 Å². The second-order valence-electron chi connectivity index (χ2n) is 4.62. The van der Waals surface area contributed by atoms with Gasteiger partial charge in [-0.3, -0.25) is 0 Å². The Labute approximate surface area is 104 Å². The summed E-state index contributed by atoms with van der Waals surface area (Å²) < 4.78 is 4.95. The minimum atomic E-state index is 0.246. The maximum Gasteiger partial charge on any atom is 0.260 e. The second-order valence-corrected chi connectivity index (χ2v) is 4.62. The van der Waals surface area contributed by atoms with Crippen LogP contribution in [0.5, 0.6) is 0 Å². The van der Waals surface area contributed by atoms with E-state index in [0.29, 0.717) is 5.89 Å². The summed E-state index contributed by atoms with van der Waals surface area (Å²) in [4.78, 5) is 3.98. The van der Waals surface area contributed by atoms with E-state index in [0.717, 1.165) is 12.8 Å². The zero-order chi connectivity index (χ0) is 12.3. The van der Waals surface area contributed by atoms with E-state index in [4.69, 9.17) is 10.3 Å². The van der Waals surface area contributed by atoms with E-state index in [1.165, 1.54) is 51.4 Å². The van der Waals surface area contributed by atoms with Crippen LogP contribution < -0.4 is 5.73 Å². The molecule has 0 spiro atoms. The van der Waals surface area contributed by atoms with Crippen LogP contribution in [0.3, 0.4) is 0 Å². The lowest BCUT2D eigenvalue weighted by molar-refractivity contribution is 0.374. The number of aryl methyl sites for hydroxylation is 1. The smallest absolute Gasteiger partial charge is 0.260 e. The SMILES string of the molecule is CCCCCCCCCCCc1nc(N)no1. The highest BCUT2D eigenvalue weighted by atomic mass is 16.5. The molecule has 4 heteroatoms. The molecule has 1 aromatic heterocycles. The molecule has 98 valence electrons. The molecule has 4 nitrogen and oxygen atoms in total. The highest BCUT2D eigenvalue weighted by Gasteiger charge is 2.01. The summed E-state index contributed by atoms with van der Waals surface area (Å²) in [5, 5.41) is 3.57. The van der Waals surface area contributed by atoms with E-state index in [1.807, 2.05) is 0 Å². The Hall–Kier alpha value is -1.06. The number of nitrogens with zero attached hydrogens (tertiary/aromatic N) is 2. The lowest BCUT2D eigenvalue weighted by Gasteiger charge is -2.00. The molecule has 1 heterocycles. The largest absolute Gasteiger partial charge is 0.365 e. The minimum Gasteiger partial charge on any atom is -0.365 e. The molecule has 17 heavy (non-hydrogen) atoms. The molecule has 0 aliphatic heterocycles. The first-order valence-corrected chi connectivity index (χ1v) is 6.91. The Bertz CT molecular complexity index is 286. The fraction of sp³-hybridized carbons (Fsp3) is 0.846. The van der Waals surface area contributed by atoms with Crippen LogP contribution in [-0.4, -0.2) is 10.1 Å². The Balaban J connectivity index is 1.84. The topological polar surface area (TPSA) is 64.9 Å². The molecule has 0 bridgehead atoms. The molecule has 0 aromatic carbocycles. The van der Waals surface area contributed by atoms with Gasteiger partial charge in [-0.1, -0.05) is 58.3 Å². The maximum atomic E-state index is 5.37. The molecule has 0 saturated heterocycles. The van der Waals surface area contributed by atoms with Gasteiger partial charge in [-0.25, -0.2) is 0 Å². The number of hydrogen-bond acceptors (Lipinski definition) is 4. The van der Waals surface area contributed by atoms with Crippen molar-refractivity contribution in [3.8, 4) is 0 Å². The quantitative estimate of drug-likeness (QED) is 0.632. The van der Waals surface area contributed by atoms with Crippen molar-refractivity contribution >= 4 is 5.95 Å². The van der Waals surface area contributed by atoms with Gasteiger partial charge in [0.15, 0.2) is 0 Å². The summed E-state index contributed by atoms with van der Waals surface area (Å²) in [6, 6.07) is 0. The molecule has 1 rings (SSSR count). The normalized spacial score (nSPS) is 10.9. The van der Waals surface area contributed by atoms with Crippen molar-refractivity contribution in [2.45, 2.75) is 71.1 Å². The average molecular weight is 239 g/mol. The van der Waals surface area contributed by atoms with Crippen LogP contribution in [0.4, 0.5) is 5.95 Å². The summed E-state index contributed by atoms with van der Waals surface area (Å²) in [6.45, 7) is 2.25. The lowest BCUT2D eigenvalue weighted by Crippen LogP contribution is -1.89. The number of anilines is 1. The van der Waals surface area contributed by atoms with Crippen LogP contribution >= 0.6 is 0 Å². The number of unbranched alkanes of at least 4 members (excludes halogenated alkanes) is 8. The van der Waals surface area contributed by atoms with Gasteiger partial charge in [0, 0.05) is 6.42 Å². The molecule has 0 saturated carbocycles. The van der Waals surface area contributed by atoms with Gasteiger partial charge in [0.2, 0.25) is 5.89 Å². The fourth-order valence-corrected chi connectivity index (χ4v) is 1.96. The third kappa shape index (κ3) is 6.97. The molecule has 0 radical (unpaired) electrons. The average Bonchev–Trinajstić information content (AvgIpc) is 2.73. The first-order valence-electron chi connectivity index (χ1n) is 6.91. The van der Waals surface area contributed by atoms with Gasteiger partial charge < -0.3 is 10.3 Å². The minimum absolute atomic E-state index is 0.246. The van der Waals surface area contributed by atoms with Gasteiger partial charge in [0.25, 0.3) is 5.95 Å². The predicted octanol–water partition coefficient (Wildman–Crippen LogP) is 3.73. The molecule has 0 fully saturated rings. The molecule has 0 unspecified atom stereocenters. The second kappa shape index (κ2) is 9.02. The van der Waals surface area contributed by atoms with Crippen LogP contribution in [0.15, 0.2) is 4.52 Å². The molecular formula is C13H25N3O. The van der Waals surface area contributed by atoms with Crippen molar-refractivity contribution in [2.75, 3.05) is 5.73 Å². The fourth-order valence-electron chi connectivity index (χ4n) is 1.96.